The van der Waals surface area contributed by atoms with Gasteiger partial charge in [0.15, 0.2) is 0 Å². The van der Waals surface area contributed by atoms with Crippen LogP contribution in [0.25, 0.3) is 5.69 Å². The van der Waals surface area contributed by atoms with E-state index in [1.807, 2.05) is 42.0 Å². The Hall–Kier alpha value is -2.30. The lowest BCUT2D eigenvalue weighted by molar-refractivity contribution is -0.157. The van der Waals surface area contributed by atoms with Gasteiger partial charge in [-0.2, -0.15) is 0 Å². The van der Waals surface area contributed by atoms with Crippen LogP contribution in [-0.2, 0) is 9.53 Å². The van der Waals surface area contributed by atoms with Crippen molar-refractivity contribution in [3.63, 3.8) is 0 Å². The van der Waals surface area contributed by atoms with Gasteiger partial charge >= 0.3 is 5.97 Å². The van der Waals surface area contributed by atoms with Gasteiger partial charge < -0.3 is 14.0 Å². The van der Waals surface area contributed by atoms with Crippen molar-refractivity contribution in [3.8, 4) is 11.4 Å². The molecule has 1 atom stereocenters. The molecule has 2 aromatic rings. The molecule has 0 bridgehead atoms. The van der Waals surface area contributed by atoms with Crippen LogP contribution in [0.3, 0.4) is 0 Å². The molecule has 0 aliphatic rings. The van der Waals surface area contributed by atoms with E-state index < -0.39 is 5.60 Å². The van der Waals surface area contributed by atoms with Crippen LogP contribution >= 0.6 is 0 Å². The highest BCUT2D eigenvalue weighted by atomic mass is 16.6. The Morgan fingerprint density at radius 3 is 2.55 bits per heavy atom. The number of hydrogen-bond donors (Lipinski definition) is 0. The summed E-state index contributed by atoms with van der Waals surface area (Å²) in [4.78, 5) is 15.8. The number of carbonyl (C=O) groups is 1. The number of aromatic nitrogens is 2. The third-order valence-electron chi connectivity index (χ3n) is 3.27. The summed E-state index contributed by atoms with van der Waals surface area (Å²) in [5.74, 6) is 0.252. The van der Waals surface area contributed by atoms with Crippen LogP contribution in [0.2, 0.25) is 0 Å². The predicted octanol–water partition coefficient (Wildman–Crippen LogP) is 2.59. The van der Waals surface area contributed by atoms with Gasteiger partial charge in [0, 0.05) is 18.1 Å². The van der Waals surface area contributed by atoms with Crippen molar-refractivity contribution >= 4 is 5.97 Å². The van der Waals surface area contributed by atoms with E-state index >= 15 is 0 Å². The fourth-order valence-corrected chi connectivity index (χ4v) is 1.83. The van der Waals surface area contributed by atoms with Crippen LogP contribution in [0.4, 0.5) is 0 Å². The van der Waals surface area contributed by atoms with Gasteiger partial charge in [-0.25, -0.2) is 9.78 Å². The lowest BCUT2D eigenvalue weighted by Gasteiger charge is -2.26. The van der Waals surface area contributed by atoms with E-state index in [-0.39, 0.29) is 5.97 Å². The van der Waals surface area contributed by atoms with Crippen molar-refractivity contribution in [2.24, 2.45) is 0 Å². The van der Waals surface area contributed by atoms with Crippen molar-refractivity contribution in [1.82, 2.24) is 9.55 Å². The maximum absolute atomic E-state index is 11.8. The fourth-order valence-electron chi connectivity index (χ4n) is 1.83. The maximum Gasteiger partial charge on any atom is 0.349 e. The lowest BCUT2D eigenvalue weighted by atomic mass is 10.0. The monoisotopic (exact) mass is 274 g/mol. The summed E-state index contributed by atoms with van der Waals surface area (Å²) in [5, 5.41) is 0. The van der Waals surface area contributed by atoms with Crippen LogP contribution < -0.4 is 4.74 Å². The largest absolute Gasteiger partial charge is 0.476 e. The second-order valence-corrected chi connectivity index (χ2v) is 4.64. The van der Waals surface area contributed by atoms with E-state index in [1.54, 1.807) is 19.4 Å². The summed E-state index contributed by atoms with van der Waals surface area (Å²) in [7, 11) is 1.36. The maximum atomic E-state index is 11.8. The van der Waals surface area contributed by atoms with Crippen molar-refractivity contribution in [1.29, 1.82) is 0 Å². The average molecular weight is 274 g/mol. The fraction of sp³-hybridized carbons (Fsp3) is 0.333. The molecule has 106 valence electrons. The van der Waals surface area contributed by atoms with Crippen LogP contribution in [0, 0.1) is 0 Å². The molecule has 20 heavy (non-hydrogen) atoms. The molecular weight excluding hydrogens is 256 g/mol. The highest BCUT2D eigenvalue weighted by Gasteiger charge is 2.34. The minimum Gasteiger partial charge on any atom is -0.476 e. The van der Waals surface area contributed by atoms with Crippen LogP contribution in [-0.4, -0.2) is 28.2 Å². The number of rotatable bonds is 5. The number of benzene rings is 1. The molecule has 1 unspecified atom stereocenters. The molecule has 1 heterocycles. The Labute approximate surface area is 118 Å². The number of hydrogen-bond acceptors (Lipinski definition) is 4. The molecule has 0 N–H and O–H groups in total. The molecule has 0 spiro atoms. The molecule has 0 amide bonds. The predicted molar refractivity (Wildman–Crippen MR) is 74.9 cm³/mol. The molecule has 0 radical (unpaired) electrons. The smallest absolute Gasteiger partial charge is 0.349 e. The molecule has 0 aliphatic carbocycles. The summed E-state index contributed by atoms with van der Waals surface area (Å²) in [5.41, 5.74) is 0.0109. The lowest BCUT2D eigenvalue weighted by Crippen LogP contribution is -2.41. The molecular formula is C15H18N2O3. The van der Waals surface area contributed by atoms with Crippen molar-refractivity contribution in [2.75, 3.05) is 7.11 Å². The number of carbonyl (C=O) groups excluding carboxylic acids is 1. The second kappa shape index (κ2) is 5.77. The molecule has 5 nitrogen and oxygen atoms in total. The molecule has 0 aliphatic heterocycles. The van der Waals surface area contributed by atoms with Crippen molar-refractivity contribution in [2.45, 2.75) is 25.9 Å². The van der Waals surface area contributed by atoms with Crippen molar-refractivity contribution < 1.29 is 14.3 Å². The van der Waals surface area contributed by atoms with Gasteiger partial charge in [-0.15, -0.1) is 0 Å². The summed E-state index contributed by atoms with van der Waals surface area (Å²) in [6.07, 6.45) is 5.83. The number of ether oxygens (including phenoxy) is 2. The van der Waals surface area contributed by atoms with Gasteiger partial charge in [-0.05, 0) is 37.6 Å². The van der Waals surface area contributed by atoms with Gasteiger partial charge in [0.05, 0.1) is 13.4 Å². The van der Waals surface area contributed by atoms with Gasteiger partial charge in [-0.3, -0.25) is 0 Å². The topological polar surface area (TPSA) is 53.4 Å². The minimum absolute atomic E-state index is 0.376. The van der Waals surface area contributed by atoms with Crippen LogP contribution in [0.1, 0.15) is 20.3 Å². The number of imidazole rings is 1. The van der Waals surface area contributed by atoms with E-state index in [2.05, 4.69) is 4.98 Å². The molecule has 1 aromatic carbocycles. The first-order valence-corrected chi connectivity index (χ1v) is 6.45. The van der Waals surface area contributed by atoms with Gasteiger partial charge in [0.2, 0.25) is 5.60 Å². The van der Waals surface area contributed by atoms with E-state index in [4.69, 9.17) is 9.47 Å². The Kier molecular flexibility index (Phi) is 4.08. The van der Waals surface area contributed by atoms with Crippen molar-refractivity contribution in [3.05, 3.63) is 43.0 Å². The standard InChI is InChI=1S/C15H18N2O3/c1-4-15(2,14(18)19-3)20-13-7-5-12(6-8-13)17-10-9-16-11-17/h5-11H,4H2,1-3H3. The summed E-state index contributed by atoms with van der Waals surface area (Å²) < 4.78 is 12.5. The Balaban J connectivity index is 2.16. The van der Waals surface area contributed by atoms with E-state index in [0.717, 1.165) is 5.69 Å². The molecule has 5 heteroatoms. The third kappa shape index (κ3) is 2.82. The van der Waals surface area contributed by atoms with Crippen LogP contribution in [0.5, 0.6) is 5.75 Å². The summed E-state index contributed by atoms with van der Waals surface area (Å²) in [6.45, 7) is 3.61. The normalized spacial score (nSPS) is 13.6. The molecule has 1 aromatic heterocycles. The van der Waals surface area contributed by atoms with E-state index in [1.165, 1.54) is 7.11 Å². The van der Waals surface area contributed by atoms with Gasteiger partial charge in [0.25, 0.3) is 0 Å². The van der Waals surface area contributed by atoms with E-state index in [9.17, 15) is 4.79 Å². The summed E-state index contributed by atoms with van der Waals surface area (Å²) in [6, 6.07) is 7.47. The quantitative estimate of drug-likeness (QED) is 0.786. The first-order valence-electron chi connectivity index (χ1n) is 6.45. The Bertz CT molecular complexity index is 563. The first-order chi connectivity index (χ1) is 9.59. The first kappa shape index (κ1) is 14.1. The second-order valence-electron chi connectivity index (χ2n) is 4.64. The molecule has 0 saturated heterocycles. The zero-order chi connectivity index (χ0) is 14.6. The Morgan fingerprint density at radius 2 is 2.05 bits per heavy atom. The molecule has 2 rings (SSSR count). The highest BCUT2D eigenvalue weighted by molar-refractivity contribution is 5.79. The van der Waals surface area contributed by atoms with E-state index in [0.29, 0.717) is 12.2 Å². The zero-order valence-corrected chi connectivity index (χ0v) is 11.9. The number of esters is 1. The molecule has 0 saturated carbocycles. The number of methoxy groups -OCH3 is 1. The minimum atomic E-state index is -0.967. The number of nitrogens with zero attached hydrogens (tertiary/aromatic N) is 2. The Morgan fingerprint density at radius 1 is 1.35 bits per heavy atom. The SMILES string of the molecule is CCC(C)(Oc1ccc(-n2ccnc2)cc1)C(=O)OC. The highest BCUT2D eigenvalue weighted by Crippen LogP contribution is 2.23. The third-order valence-corrected chi connectivity index (χ3v) is 3.27. The zero-order valence-electron chi connectivity index (χ0n) is 11.9. The van der Waals surface area contributed by atoms with Crippen LogP contribution in [0.15, 0.2) is 43.0 Å². The average Bonchev–Trinajstić information content (AvgIpc) is 3.01. The summed E-state index contributed by atoms with van der Waals surface area (Å²) >= 11 is 0. The van der Waals surface area contributed by atoms with Gasteiger partial charge in [0.1, 0.15) is 5.75 Å². The molecule has 0 fully saturated rings. The van der Waals surface area contributed by atoms with Gasteiger partial charge in [-0.1, -0.05) is 6.92 Å².